The summed E-state index contributed by atoms with van der Waals surface area (Å²) in [6, 6.07) is -1.14. The highest BCUT2D eigenvalue weighted by Crippen LogP contribution is 2.11. The first-order valence-electron chi connectivity index (χ1n) is 3.26. The van der Waals surface area contributed by atoms with Crippen LogP contribution in [0.25, 0.3) is 10.4 Å². The second-order valence-electron chi connectivity index (χ2n) is 2.33. The maximum atomic E-state index is 10.4. The van der Waals surface area contributed by atoms with Gasteiger partial charge in [0.25, 0.3) is 0 Å². The Morgan fingerprint density at radius 1 is 1.82 bits per heavy atom. The van der Waals surface area contributed by atoms with E-state index in [0.717, 1.165) is 0 Å². The van der Waals surface area contributed by atoms with Crippen LogP contribution in [0.4, 0.5) is 0 Å². The summed E-state index contributed by atoms with van der Waals surface area (Å²) in [6.45, 7) is 0.598. The van der Waals surface area contributed by atoms with E-state index < -0.39 is 18.1 Å². The zero-order valence-electron chi connectivity index (χ0n) is 5.77. The Hall–Kier alpha value is -1.26. The Morgan fingerprint density at radius 2 is 2.55 bits per heavy atom. The van der Waals surface area contributed by atoms with Crippen molar-refractivity contribution in [2.24, 2.45) is 5.11 Å². The average molecular weight is 156 g/mol. The Labute approximate surface area is 62.8 Å². The highest BCUT2D eigenvalue weighted by molar-refractivity contribution is 5.75. The predicted octanol–water partition coefficient (Wildman–Crippen LogP) is 0.112. The van der Waals surface area contributed by atoms with Gasteiger partial charge in [0.1, 0.15) is 6.04 Å². The van der Waals surface area contributed by atoms with Gasteiger partial charge in [0.05, 0.1) is 6.04 Å². The summed E-state index contributed by atoms with van der Waals surface area (Å²) in [5.41, 5.74) is 8.06. The van der Waals surface area contributed by atoms with Gasteiger partial charge in [0.2, 0.25) is 0 Å². The zero-order valence-corrected chi connectivity index (χ0v) is 5.77. The summed E-state index contributed by atoms with van der Waals surface area (Å²) in [5, 5.41) is 14.7. The number of carboxylic acids is 1. The lowest BCUT2D eigenvalue weighted by atomic mass is 10.1. The maximum absolute atomic E-state index is 10.4. The molecule has 1 aliphatic rings. The average Bonchev–Trinajstić information content (AvgIpc) is 2.36. The summed E-state index contributed by atoms with van der Waals surface area (Å²) < 4.78 is 0. The van der Waals surface area contributed by atoms with Gasteiger partial charge in [-0.1, -0.05) is 5.11 Å². The molecule has 11 heavy (non-hydrogen) atoms. The number of aliphatic carboxylic acids is 1. The molecule has 0 bridgehead atoms. The van der Waals surface area contributed by atoms with Crippen LogP contribution in [-0.4, -0.2) is 29.7 Å². The Balaban J connectivity index is 2.64. The summed E-state index contributed by atoms with van der Waals surface area (Å²) in [5.74, 6) is -0.958. The number of azide groups is 1. The van der Waals surface area contributed by atoms with E-state index in [1.54, 1.807) is 0 Å². The molecule has 0 saturated carbocycles. The van der Waals surface area contributed by atoms with Crippen molar-refractivity contribution in [1.29, 1.82) is 0 Å². The molecule has 2 N–H and O–H groups in total. The van der Waals surface area contributed by atoms with Crippen molar-refractivity contribution < 1.29 is 9.90 Å². The van der Waals surface area contributed by atoms with Crippen LogP contribution >= 0.6 is 0 Å². The fourth-order valence-electron chi connectivity index (χ4n) is 1.13. The third-order valence-corrected chi connectivity index (χ3v) is 1.66. The van der Waals surface area contributed by atoms with Crippen LogP contribution in [-0.2, 0) is 4.79 Å². The van der Waals surface area contributed by atoms with Crippen molar-refractivity contribution >= 4 is 5.97 Å². The first-order valence-corrected chi connectivity index (χ1v) is 3.26. The first kappa shape index (κ1) is 7.84. The van der Waals surface area contributed by atoms with Crippen molar-refractivity contribution in [3.05, 3.63) is 10.4 Å². The van der Waals surface area contributed by atoms with Crippen LogP contribution in [0.15, 0.2) is 5.11 Å². The predicted molar refractivity (Wildman–Crippen MR) is 37.0 cm³/mol. The van der Waals surface area contributed by atoms with E-state index in [-0.39, 0.29) is 0 Å². The summed E-state index contributed by atoms with van der Waals surface area (Å²) in [4.78, 5) is 13.0. The molecule has 0 spiro atoms. The van der Waals surface area contributed by atoms with Crippen LogP contribution in [0.2, 0.25) is 0 Å². The van der Waals surface area contributed by atoms with E-state index in [1.807, 2.05) is 0 Å². The van der Waals surface area contributed by atoms with Crippen LogP contribution in [0.5, 0.6) is 0 Å². The molecule has 1 rings (SSSR count). The van der Waals surface area contributed by atoms with E-state index in [4.69, 9.17) is 10.6 Å². The first-order chi connectivity index (χ1) is 5.25. The Kier molecular flexibility index (Phi) is 2.30. The molecule has 2 atom stereocenters. The Bertz CT molecular complexity index is 203. The summed E-state index contributed by atoms with van der Waals surface area (Å²) in [6.07, 6.45) is 0.598. The van der Waals surface area contributed by atoms with Gasteiger partial charge in [0.15, 0.2) is 0 Å². The molecular weight excluding hydrogens is 148 g/mol. The third kappa shape index (κ3) is 1.60. The van der Waals surface area contributed by atoms with Crippen LogP contribution in [0, 0.1) is 0 Å². The van der Waals surface area contributed by atoms with Crippen LogP contribution < -0.4 is 5.32 Å². The van der Waals surface area contributed by atoms with Crippen molar-refractivity contribution in [3.63, 3.8) is 0 Å². The largest absolute Gasteiger partial charge is 0.480 e. The lowest BCUT2D eigenvalue weighted by molar-refractivity contribution is -0.139. The molecule has 1 aliphatic heterocycles. The van der Waals surface area contributed by atoms with Gasteiger partial charge in [-0.05, 0) is 18.5 Å². The van der Waals surface area contributed by atoms with Gasteiger partial charge >= 0.3 is 5.97 Å². The molecule has 60 valence electrons. The summed E-state index contributed by atoms with van der Waals surface area (Å²) in [7, 11) is 0. The lowest BCUT2D eigenvalue weighted by Crippen LogP contribution is -2.37. The monoisotopic (exact) mass is 156 g/mol. The molecule has 0 amide bonds. The third-order valence-electron chi connectivity index (χ3n) is 1.66. The molecule has 0 aromatic rings. The maximum Gasteiger partial charge on any atom is 0.321 e. The van der Waals surface area contributed by atoms with E-state index in [0.29, 0.717) is 13.0 Å². The minimum Gasteiger partial charge on any atom is -0.480 e. The van der Waals surface area contributed by atoms with E-state index in [1.165, 1.54) is 0 Å². The smallest absolute Gasteiger partial charge is 0.321 e. The molecule has 1 fully saturated rings. The van der Waals surface area contributed by atoms with Crippen LogP contribution in [0.1, 0.15) is 6.42 Å². The molecule has 0 aromatic heterocycles. The van der Waals surface area contributed by atoms with Gasteiger partial charge in [-0.25, -0.2) is 0 Å². The molecule has 1 heterocycles. The second kappa shape index (κ2) is 3.23. The number of hydrogen-bond donors (Lipinski definition) is 2. The van der Waals surface area contributed by atoms with Gasteiger partial charge in [0, 0.05) is 4.91 Å². The number of carbonyl (C=O) groups is 1. The van der Waals surface area contributed by atoms with Gasteiger partial charge in [-0.3, -0.25) is 4.79 Å². The van der Waals surface area contributed by atoms with Crippen molar-refractivity contribution in [2.75, 3.05) is 6.54 Å². The second-order valence-corrected chi connectivity index (χ2v) is 2.33. The quantitative estimate of drug-likeness (QED) is 0.337. The number of carboxylic acid groups (broad SMARTS) is 1. The molecule has 0 unspecified atom stereocenters. The standard InChI is InChI=1S/C5H8N4O2/c6-9-8-3-1-2-7-4(3)5(10)11/h3-4,7H,1-2H2,(H,10,11)/t3-,4-/m0/s1. The normalized spacial score (nSPS) is 29.5. The number of nitrogens with zero attached hydrogens (tertiary/aromatic N) is 3. The molecule has 6 heteroatoms. The van der Waals surface area contributed by atoms with Gasteiger partial charge in [-0.2, -0.15) is 0 Å². The van der Waals surface area contributed by atoms with E-state index >= 15 is 0 Å². The Morgan fingerprint density at radius 3 is 3.09 bits per heavy atom. The van der Waals surface area contributed by atoms with E-state index in [2.05, 4.69) is 15.3 Å². The highest BCUT2D eigenvalue weighted by atomic mass is 16.4. The van der Waals surface area contributed by atoms with Crippen LogP contribution in [0.3, 0.4) is 0 Å². The molecule has 6 nitrogen and oxygen atoms in total. The fourth-order valence-corrected chi connectivity index (χ4v) is 1.13. The summed E-state index contributed by atoms with van der Waals surface area (Å²) >= 11 is 0. The topological polar surface area (TPSA) is 98.1 Å². The molecule has 0 radical (unpaired) electrons. The van der Waals surface area contributed by atoms with Crippen molar-refractivity contribution in [3.8, 4) is 0 Å². The van der Waals surface area contributed by atoms with E-state index in [9.17, 15) is 4.79 Å². The molecule has 0 aliphatic carbocycles. The number of rotatable bonds is 2. The van der Waals surface area contributed by atoms with Gasteiger partial charge in [-0.15, -0.1) is 0 Å². The minimum absolute atomic E-state index is 0.433. The minimum atomic E-state index is -0.958. The molecular formula is C5H8N4O2. The highest BCUT2D eigenvalue weighted by Gasteiger charge is 2.31. The van der Waals surface area contributed by atoms with Crippen molar-refractivity contribution in [2.45, 2.75) is 18.5 Å². The fraction of sp³-hybridized carbons (Fsp3) is 0.800. The zero-order chi connectivity index (χ0) is 8.27. The number of nitrogens with one attached hydrogen (secondary N) is 1. The molecule has 0 aromatic carbocycles. The number of hydrogen-bond acceptors (Lipinski definition) is 3. The molecule has 1 saturated heterocycles. The SMILES string of the molecule is [N-]=[N+]=N[C@H]1CCN[C@@H]1C(=O)O. The van der Waals surface area contributed by atoms with Gasteiger partial charge < -0.3 is 10.4 Å². The lowest BCUT2D eigenvalue weighted by Gasteiger charge is -2.07. The van der Waals surface area contributed by atoms with Crippen molar-refractivity contribution in [1.82, 2.24) is 5.32 Å².